The van der Waals surface area contributed by atoms with E-state index in [1.54, 1.807) is 0 Å². The van der Waals surface area contributed by atoms with Gasteiger partial charge >= 0.3 is 0 Å². The fourth-order valence-corrected chi connectivity index (χ4v) is 7.72. The van der Waals surface area contributed by atoms with Crippen LogP contribution < -0.4 is 9.47 Å². The minimum absolute atomic E-state index is 0.0944. The number of hydrogen-bond donors (Lipinski definition) is 0. The van der Waals surface area contributed by atoms with Gasteiger partial charge < -0.3 is 9.47 Å². The molecule has 4 bridgehead atoms. The Kier molecular flexibility index (Phi) is 4.57. The molecule has 3 aromatic carbocycles. The van der Waals surface area contributed by atoms with E-state index in [-0.39, 0.29) is 22.7 Å². The molecule has 8 rings (SSSR count). The minimum Gasteiger partial charge on any atom is -0.496 e. The van der Waals surface area contributed by atoms with Crippen molar-refractivity contribution in [1.82, 2.24) is 0 Å². The van der Waals surface area contributed by atoms with E-state index in [0.717, 1.165) is 17.9 Å². The lowest BCUT2D eigenvalue weighted by Crippen LogP contribution is -2.31. The molecule has 5 aliphatic carbocycles. The fraction of sp³-hybridized carbons (Fsp3) is 0.429. The predicted molar refractivity (Wildman–Crippen MR) is 151 cm³/mol. The Morgan fingerprint density at radius 1 is 0.568 bits per heavy atom. The maximum Gasteiger partial charge on any atom is 0.127 e. The number of benzene rings is 3. The third kappa shape index (κ3) is 2.93. The summed E-state index contributed by atoms with van der Waals surface area (Å²) in [6.07, 6.45) is 5.91. The van der Waals surface area contributed by atoms with Crippen LogP contribution in [0, 0.1) is 0 Å². The average Bonchev–Trinajstić information content (AvgIpc) is 3.48. The molecule has 0 aliphatic heterocycles. The van der Waals surface area contributed by atoms with Crippen molar-refractivity contribution in [3.05, 3.63) is 104 Å². The molecule has 0 saturated heterocycles. The third-order valence-electron chi connectivity index (χ3n) is 9.52. The molecule has 37 heavy (non-hydrogen) atoms. The molecular weight excluding hydrogens is 452 g/mol. The van der Waals surface area contributed by atoms with E-state index in [4.69, 9.17) is 9.47 Å². The molecule has 3 aromatic rings. The largest absolute Gasteiger partial charge is 0.496 e. The molecule has 2 nitrogen and oxygen atoms in total. The average molecular weight is 491 g/mol. The summed E-state index contributed by atoms with van der Waals surface area (Å²) in [4.78, 5) is 0. The lowest BCUT2D eigenvalue weighted by molar-refractivity contribution is 0.382. The number of hydrogen-bond acceptors (Lipinski definition) is 2. The van der Waals surface area contributed by atoms with Gasteiger partial charge in [0.15, 0.2) is 0 Å². The highest BCUT2D eigenvalue weighted by Gasteiger charge is 2.50. The van der Waals surface area contributed by atoms with Crippen molar-refractivity contribution in [2.24, 2.45) is 0 Å². The van der Waals surface area contributed by atoms with Crippen LogP contribution in [0.3, 0.4) is 0 Å². The Morgan fingerprint density at radius 2 is 0.973 bits per heavy atom. The van der Waals surface area contributed by atoms with Gasteiger partial charge in [0.05, 0.1) is 14.2 Å². The van der Waals surface area contributed by atoms with Gasteiger partial charge in [-0.1, -0.05) is 90.1 Å². The van der Waals surface area contributed by atoms with Gasteiger partial charge in [0, 0.05) is 45.9 Å². The molecule has 0 fully saturated rings. The molecule has 0 amide bonds. The Hall–Kier alpha value is -3.00. The molecule has 190 valence electrons. The Labute approximate surface area is 221 Å². The molecule has 0 N–H and O–H groups in total. The Balaban J connectivity index is 1.59. The Morgan fingerprint density at radius 3 is 1.32 bits per heavy atom. The van der Waals surface area contributed by atoms with Crippen molar-refractivity contribution in [3.63, 3.8) is 0 Å². The van der Waals surface area contributed by atoms with E-state index in [1.807, 2.05) is 14.2 Å². The first kappa shape index (κ1) is 23.1. The highest BCUT2D eigenvalue weighted by molar-refractivity contribution is 5.79. The SMILES string of the molecule is COc1c2c(c(OC)c3c1C1c4ccc(C(C)(C)C)cc4C3c3ccc(C(C)(C)C)cc31)C1C=CC2C1. The van der Waals surface area contributed by atoms with Crippen molar-refractivity contribution < 1.29 is 9.47 Å². The van der Waals surface area contributed by atoms with Crippen LogP contribution in [0.2, 0.25) is 0 Å². The van der Waals surface area contributed by atoms with Gasteiger partial charge in [-0.25, -0.2) is 0 Å². The maximum absolute atomic E-state index is 6.38. The normalized spacial score (nSPS) is 24.0. The van der Waals surface area contributed by atoms with Crippen molar-refractivity contribution in [1.29, 1.82) is 0 Å². The van der Waals surface area contributed by atoms with Gasteiger partial charge in [0.25, 0.3) is 0 Å². The smallest absolute Gasteiger partial charge is 0.127 e. The highest BCUT2D eigenvalue weighted by atomic mass is 16.5. The van der Waals surface area contributed by atoms with E-state index >= 15 is 0 Å². The monoisotopic (exact) mass is 490 g/mol. The van der Waals surface area contributed by atoms with E-state index in [9.17, 15) is 0 Å². The van der Waals surface area contributed by atoms with E-state index in [1.165, 1.54) is 55.6 Å². The summed E-state index contributed by atoms with van der Waals surface area (Å²) in [5.74, 6) is 3.37. The van der Waals surface area contributed by atoms with Crippen LogP contribution in [0.1, 0.15) is 127 Å². The van der Waals surface area contributed by atoms with Crippen LogP contribution in [0.5, 0.6) is 11.5 Å². The number of fused-ring (bicyclic) bond motifs is 5. The van der Waals surface area contributed by atoms with Gasteiger partial charge in [-0.3, -0.25) is 0 Å². The second-order valence-corrected chi connectivity index (χ2v) is 13.6. The van der Waals surface area contributed by atoms with Gasteiger partial charge in [0.1, 0.15) is 11.5 Å². The quantitative estimate of drug-likeness (QED) is 0.231. The molecule has 4 unspecified atom stereocenters. The third-order valence-corrected chi connectivity index (χ3v) is 9.52. The first-order chi connectivity index (χ1) is 17.5. The van der Waals surface area contributed by atoms with Crippen LogP contribution in [0.15, 0.2) is 48.6 Å². The summed E-state index contributed by atoms with van der Waals surface area (Å²) < 4.78 is 12.8. The van der Waals surface area contributed by atoms with Crippen molar-refractivity contribution in [2.45, 2.75) is 82.5 Å². The zero-order chi connectivity index (χ0) is 26.0. The number of ether oxygens (including phenoxy) is 2. The van der Waals surface area contributed by atoms with Crippen LogP contribution in [-0.2, 0) is 10.8 Å². The predicted octanol–water partition coefficient (Wildman–Crippen LogP) is 8.43. The van der Waals surface area contributed by atoms with Gasteiger partial charge in [-0.15, -0.1) is 0 Å². The molecule has 2 heteroatoms. The first-order valence-corrected chi connectivity index (χ1v) is 13.8. The summed E-state index contributed by atoms with van der Waals surface area (Å²) in [6, 6.07) is 14.5. The topological polar surface area (TPSA) is 18.5 Å². The molecule has 5 aliphatic rings. The van der Waals surface area contributed by atoms with Crippen LogP contribution in [-0.4, -0.2) is 14.2 Å². The molecule has 0 spiro atoms. The van der Waals surface area contributed by atoms with Crippen LogP contribution in [0.25, 0.3) is 0 Å². The highest BCUT2D eigenvalue weighted by Crippen LogP contribution is 2.66. The zero-order valence-electron chi connectivity index (χ0n) is 23.5. The molecule has 0 heterocycles. The van der Waals surface area contributed by atoms with E-state index < -0.39 is 0 Å². The number of allylic oxidation sites excluding steroid dienone is 2. The molecule has 0 radical (unpaired) electrons. The minimum atomic E-state index is 0.0944. The number of rotatable bonds is 2. The van der Waals surface area contributed by atoms with Gasteiger partial charge in [-0.2, -0.15) is 0 Å². The molecular formula is C35H38O2. The lowest BCUT2D eigenvalue weighted by Gasteiger charge is -2.45. The Bertz CT molecular complexity index is 1400. The zero-order valence-corrected chi connectivity index (χ0v) is 23.5. The van der Waals surface area contributed by atoms with Crippen molar-refractivity contribution in [3.8, 4) is 11.5 Å². The first-order valence-electron chi connectivity index (χ1n) is 13.8. The van der Waals surface area contributed by atoms with Crippen molar-refractivity contribution in [2.75, 3.05) is 14.2 Å². The number of methoxy groups -OCH3 is 2. The standard InChI is InChI=1S/C35H38O2/c1-34(2,3)20-11-13-22-24(16-20)28-23-14-12-21(35(4,5)6)17-25(23)29(22)31-30(28)32(36-7)26-18-9-10-19(15-18)27(26)33(31)37-8/h9-14,16-19,28-29H,15H2,1-8H3. The fourth-order valence-electron chi connectivity index (χ4n) is 7.72. The van der Waals surface area contributed by atoms with Crippen LogP contribution in [0.4, 0.5) is 0 Å². The molecule has 4 atom stereocenters. The van der Waals surface area contributed by atoms with Gasteiger partial charge in [0.2, 0.25) is 0 Å². The maximum atomic E-state index is 6.38. The molecule has 0 saturated carbocycles. The van der Waals surface area contributed by atoms with Gasteiger partial charge in [-0.05, 0) is 50.6 Å². The summed E-state index contributed by atoms with van der Waals surface area (Å²) in [5.41, 5.74) is 14.2. The molecule has 0 aromatic heterocycles. The van der Waals surface area contributed by atoms with Crippen molar-refractivity contribution >= 4 is 0 Å². The summed E-state index contributed by atoms with van der Waals surface area (Å²) in [6.45, 7) is 13.9. The summed E-state index contributed by atoms with van der Waals surface area (Å²) >= 11 is 0. The summed E-state index contributed by atoms with van der Waals surface area (Å²) in [5, 5.41) is 0. The van der Waals surface area contributed by atoms with Crippen LogP contribution >= 0.6 is 0 Å². The summed E-state index contributed by atoms with van der Waals surface area (Å²) in [7, 11) is 3.74. The van der Waals surface area contributed by atoms with E-state index in [2.05, 4.69) is 90.1 Å². The lowest BCUT2D eigenvalue weighted by atomic mass is 9.58. The van der Waals surface area contributed by atoms with E-state index in [0.29, 0.717) is 11.8 Å². The second kappa shape index (κ2) is 7.31. The second-order valence-electron chi connectivity index (χ2n) is 13.6.